The fraction of sp³-hybridized carbons (Fsp3) is 0.130. The van der Waals surface area contributed by atoms with Crippen LogP contribution in [-0.4, -0.2) is 21.3 Å². The number of hydrogen-bond donors (Lipinski definition) is 1. The fourth-order valence-electron chi connectivity index (χ4n) is 2.85. The van der Waals surface area contributed by atoms with E-state index in [9.17, 15) is 14.9 Å². The predicted molar refractivity (Wildman–Crippen MR) is 123 cm³/mol. The highest BCUT2D eigenvalue weighted by Gasteiger charge is 2.33. The third-order valence-corrected chi connectivity index (χ3v) is 5.81. The molecule has 1 aliphatic heterocycles. The molecule has 0 aliphatic carbocycles. The molecule has 0 aromatic heterocycles. The maximum atomic E-state index is 12.9. The van der Waals surface area contributed by atoms with Crippen molar-refractivity contribution < 1.29 is 14.7 Å². The molecule has 0 radical (unpaired) electrons. The number of hydrogen-bond acceptors (Lipinski definition) is 5. The summed E-state index contributed by atoms with van der Waals surface area (Å²) in [6, 6.07) is 15.9. The van der Waals surface area contributed by atoms with Crippen LogP contribution in [0.1, 0.15) is 41.3 Å². The lowest BCUT2D eigenvalue weighted by Crippen LogP contribution is -2.27. The summed E-state index contributed by atoms with van der Waals surface area (Å²) >= 11 is 6.44. The number of rotatable bonds is 5. The van der Waals surface area contributed by atoms with Crippen molar-refractivity contribution in [3.05, 3.63) is 81.8 Å². The molecule has 1 amide bonds. The third-order valence-electron chi connectivity index (χ3n) is 4.51. The first-order valence-corrected chi connectivity index (χ1v) is 10.4. The Morgan fingerprint density at radius 1 is 1.17 bits per heavy atom. The highest BCUT2D eigenvalue weighted by Crippen LogP contribution is 2.35. The summed E-state index contributed by atoms with van der Waals surface area (Å²) in [6.07, 6.45) is 3.25. The van der Waals surface area contributed by atoms with Gasteiger partial charge < -0.3 is 5.11 Å². The van der Waals surface area contributed by atoms with E-state index in [0.717, 1.165) is 17.3 Å². The van der Waals surface area contributed by atoms with E-state index in [0.29, 0.717) is 26.4 Å². The number of nitriles is 1. The van der Waals surface area contributed by atoms with Gasteiger partial charge in [-0.05, 0) is 53.5 Å². The Bertz CT molecular complexity index is 1110. The first-order chi connectivity index (χ1) is 14.3. The van der Waals surface area contributed by atoms with Crippen molar-refractivity contribution in [2.45, 2.75) is 19.8 Å². The maximum absolute atomic E-state index is 12.9. The Balaban J connectivity index is 1.85. The Morgan fingerprint density at radius 2 is 1.80 bits per heavy atom. The normalized spacial score (nSPS) is 15.7. The Labute approximate surface area is 184 Å². The second-order valence-electron chi connectivity index (χ2n) is 6.90. The number of anilines is 1. The van der Waals surface area contributed by atoms with Crippen LogP contribution in [0.15, 0.2) is 65.1 Å². The number of aromatic carboxylic acids is 1. The molecule has 150 valence electrons. The average molecular weight is 435 g/mol. The number of carboxylic acids is 1. The van der Waals surface area contributed by atoms with Crippen LogP contribution in [0.4, 0.5) is 5.69 Å². The molecule has 1 aliphatic rings. The molecule has 1 fully saturated rings. The number of carbonyl (C=O) groups excluding carboxylic acids is 1. The third kappa shape index (κ3) is 4.67. The number of thiocarbonyl (C=S) groups is 1. The summed E-state index contributed by atoms with van der Waals surface area (Å²) in [7, 11) is 0. The van der Waals surface area contributed by atoms with Crippen LogP contribution < -0.4 is 4.90 Å². The number of carbonyl (C=O) groups is 2. The molecule has 0 saturated carbocycles. The smallest absolute Gasteiger partial charge is 0.335 e. The van der Waals surface area contributed by atoms with Crippen molar-refractivity contribution in [2.24, 2.45) is 0 Å². The molecule has 3 rings (SSSR count). The molecule has 1 saturated heterocycles. The van der Waals surface area contributed by atoms with Crippen LogP contribution in [0.2, 0.25) is 0 Å². The van der Waals surface area contributed by atoms with E-state index in [4.69, 9.17) is 17.3 Å². The highest BCUT2D eigenvalue weighted by atomic mass is 32.2. The van der Waals surface area contributed by atoms with Crippen LogP contribution in [-0.2, 0) is 4.79 Å². The number of allylic oxidation sites excluding steroid dienone is 2. The lowest BCUT2D eigenvalue weighted by Gasteiger charge is -2.14. The Kier molecular flexibility index (Phi) is 6.50. The second-order valence-corrected chi connectivity index (χ2v) is 8.58. The number of nitrogens with zero attached hydrogens (tertiary/aromatic N) is 2. The van der Waals surface area contributed by atoms with Gasteiger partial charge >= 0.3 is 5.97 Å². The first-order valence-electron chi connectivity index (χ1n) is 9.13. The SMILES string of the molecule is CC(C)c1ccc(/C=C(C#N)/C=C2\SC(=S)N(c3ccc(C(=O)O)cc3)C2=O)cc1. The van der Waals surface area contributed by atoms with Crippen molar-refractivity contribution in [3.8, 4) is 6.07 Å². The summed E-state index contributed by atoms with van der Waals surface area (Å²) in [5, 5.41) is 18.5. The van der Waals surface area contributed by atoms with Gasteiger partial charge in [0, 0.05) is 0 Å². The number of benzene rings is 2. The predicted octanol–water partition coefficient (Wildman–Crippen LogP) is 5.36. The number of thioether (sulfide) groups is 1. The number of amides is 1. The van der Waals surface area contributed by atoms with Crippen LogP contribution in [0.3, 0.4) is 0 Å². The molecule has 30 heavy (non-hydrogen) atoms. The molecule has 0 bridgehead atoms. The fourth-order valence-corrected chi connectivity index (χ4v) is 4.14. The summed E-state index contributed by atoms with van der Waals surface area (Å²) in [5.74, 6) is -0.967. The Hall–Kier alpha value is -3.21. The maximum Gasteiger partial charge on any atom is 0.335 e. The zero-order valence-electron chi connectivity index (χ0n) is 16.3. The zero-order chi connectivity index (χ0) is 21.8. The van der Waals surface area contributed by atoms with Crippen molar-refractivity contribution >= 4 is 51.9 Å². The molecular formula is C23H18N2O3S2. The van der Waals surface area contributed by atoms with Gasteiger partial charge in [0.05, 0.1) is 27.8 Å². The lowest BCUT2D eigenvalue weighted by molar-refractivity contribution is -0.113. The van der Waals surface area contributed by atoms with Gasteiger partial charge in [-0.15, -0.1) is 0 Å². The molecule has 0 spiro atoms. The Morgan fingerprint density at radius 3 is 2.33 bits per heavy atom. The van der Waals surface area contributed by atoms with E-state index in [-0.39, 0.29) is 11.5 Å². The van der Waals surface area contributed by atoms with E-state index >= 15 is 0 Å². The van der Waals surface area contributed by atoms with Crippen molar-refractivity contribution in [3.63, 3.8) is 0 Å². The minimum Gasteiger partial charge on any atom is -0.478 e. The van der Waals surface area contributed by atoms with Gasteiger partial charge in [-0.25, -0.2) is 4.79 Å². The highest BCUT2D eigenvalue weighted by molar-refractivity contribution is 8.27. The molecule has 5 nitrogen and oxygen atoms in total. The summed E-state index contributed by atoms with van der Waals surface area (Å²) in [6.45, 7) is 4.23. The summed E-state index contributed by atoms with van der Waals surface area (Å²) in [4.78, 5) is 25.5. The summed E-state index contributed by atoms with van der Waals surface area (Å²) < 4.78 is 0.327. The van der Waals surface area contributed by atoms with Crippen LogP contribution >= 0.6 is 24.0 Å². The largest absolute Gasteiger partial charge is 0.478 e. The van der Waals surface area contributed by atoms with E-state index in [1.807, 2.05) is 24.3 Å². The molecule has 1 heterocycles. The molecule has 2 aromatic carbocycles. The van der Waals surface area contributed by atoms with E-state index in [2.05, 4.69) is 19.9 Å². The van der Waals surface area contributed by atoms with Crippen LogP contribution in [0.5, 0.6) is 0 Å². The van der Waals surface area contributed by atoms with Gasteiger partial charge in [-0.2, -0.15) is 5.26 Å². The van der Waals surface area contributed by atoms with E-state index in [1.165, 1.54) is 40.8 Å². The van der Waals surface area contributed by atoms with Gasteiger partial charge in [0.25, 0.3) is 5.91 Å². The average Bonchev–Trinajstić information content (AvgIpc) is 3.00. The molecule has 7 heteroatoms. The second kappa shape index (κ2) is 9.08. The van der Waals surface area contributed by atoms with Crippen molar-refractivity contribution in [2.75, 3.05) is 4.90 Å². The first kappa shape index (κ1) is 21.5. The molecule has 0 unspecified atom stereocenters. The van der Waals surface area contributed by atoms with Gasteiger partial charge in [-0.3, -0.25) is 9.69 Å². The number of carboxylic acid groups (broad SMARTS) is 1. The molecular weight excluding hydrogens is 416 g/mol. The zero-order valence-corrected chi connectivity index (χ0v) is 18.0. The monoisotopic (exact) mass is 434 g/mol. The standard InChI is InChI=1S/C23H18N2O3S2/c1-14(2)17-5-3-15(4-6-17)11-16(13-24)12-20-21(26)25(23(29)30-20)19-9-7-18(8-10-19)22(27)28/h3-12,14H,1-2H3,(H,27,28)/b16-11-,20-12-. The lowest BCUT2D eigenvalue weighted by atomic mass is 10.0. The molecule has 2 aromatic rings. The van der Waals surface area contributed by atoms with Gasteiger partial charge in [-0.1, -0.05) is 62.1 Å². The molecule has 0 atom stereocenters. The van der Waals surface area contributed by atoms with E-state index < -0.39 is 5.97 Å². The minimum atomic E-state index is -1.04. The van der Waals surface area contributed by atoms with Gasteiger partial charge in [0.15, 0.2) is 4.32 Å². The van der Waals surface area contributed by atoms with Crippen LogP contribution in [0.25, 0.3) is 6.08 Å². The van der Waals surface area contributed by atoms with Gasteiger partial charge in [0.2, 0.25) is 0 Å². The summed E-state index contributed by atoms with van der Waals surface area (Å²) in [5.41, 5.74) is 3.02. The van der Waals surface area contributed by atoms with Crippen molar-refractivity contribution in [1.29, 1.82) is 5.26 Å². The topological polar surface area (TPSA) is 81.4 Å². The van der Waals surface area contributed by atoms with E-state index in [1.54, 1.807) is 6.08 Å². The minimum absolute atomic E-state index is 0.123. The quantitative estimate of drug-likeness (QED) is 0.387. The molecule has 1 N–H and O–H groups in total. The van der Waals surface area contributed by atoms with Gasteiger partial charge in [0.1, 0.15) is 0 Å². The van der Waals surface area contributed by atoms with Crippen LogP contribution in [0, 0.1) is 11.3 Å². The van der Waals surface area contributed by atoms with Crippen molar-refractivity contribution in [1.82, 2.24) is 0 Å².